The number of aryl methyl sites for hydroxylation is 1. The third kappa shape index (κ3) is 2.36. The second-order valence-corrected chi connectivity index (χ2v) is 5.68. The van der Waals surface area contributed by atoms with Crippen molar-refractivity contribution in [3.05, 3.63) is 70.5 Å². The number of hydrogen-bond acceptors (Lipinski definition) is 1. The average molecular weight is 270 g/mol. The molecule has 0 aromatic heterocycles. The lowest BCUT2D eigenvalue weighted by atomic mass is 9.77. The summed E-state index contributed by atoms with van der Waals surface area (Å²) in [7, 11) is 0. The lowest BCUT2D eigenvalue weighted by molar-refractivity contribution is 0.211. The fourth-order valence-electron chi connectivity index (χ4n) is 2.89. The molecule has 0 amide bonds. The van der Waals surface area contributed by atoms with Gasteiger partial charge in [0, 0.05) is 5.56 Å². The van der Waals surface area contributed by atoms with Crippen molar-refractivity contribution in [2.75, 3.05) is 0 Å². The van der Waals surface area contributed by atoms with Crippen molar-refractivity contribution in [3.8, 4) is 0 Å². The molecule has 0 saturated heterocycles. The minimum Gasteiger partial charge on any atom is -0.384 e. The fraction of sp³-hybridized carbons (Fsp3) is 0.333. The van der Waals surface area contributed by atoms with Crippen LogP contribution < -0.4 is 0 Å². The smallest absolute Gasteiger partial charge is 0.129 e. The van der Waals surface area contributed by atoms with Crippen LogP contribution in [0.4, 0.5) is 4.39 Å². The number of aliphatic hydroxyl groups excluding tert-OH is 1. The van der Waals surface area contributed by atoms with Crippen LogP contribution in [0.2, 0.25) is 0 Å². The Labute approximate surface area is 119 Å². The highest BCUT2D eigenvalue weighted by molar-refractivity contribution is 5.40. The highest BCUT2D eigenvalue weighted by atomic mass is 19.1. The van der Waals surface area contributed by atoms with Gasteiger partial charge in [0.05, 0.1) is 0 Å². The van der Waals surface area contributed by atoms with Crippen molar-refractivity contribution in [1.82, 2.24) is 0 Å². The first-order chi connectivity index (χ1) is 9.66. The number of benzene rings is 2. The van der Waals surface area contributed by atoms with Gasteiger partial charge in [0.1, 0.15) is 11.9 Å². The van der Waals surface area contributed by atoms with Crippen molar-refractivity contribution in [2.24, 2.45) is 0 Å². The summed E-state index contributed by atoms with van der Waals surface area (Å²) in [6, 6.07) is 12.8. The normalized spacial score (nSPS) is 16.8. The molecule has 1 atom stereocenters. The van der Waals surface area contributed by atoms with E-state index in [2.05, 4.69) is 6.07 Å². The van der Waals surface area contributed by atoms with Gasteiger partial charge in [-0.15, -0.1) is 0 Å². The summed E-state index contributed by atoms with van der Waals surface area (Å²) in [5.74, 6) is 0.181. The lowest BCUT2D eigenvalue weighted by Gasteiger charge is -2.29. The van der Waals surface area contributed by atoms with Gasteiger partial charge in [0.2, 0.25) is 0 Å². The van der Waals surface area contributed by atoms with E-state index in [1.165, 1.54) is 30.9 Å². The van der Waals surface area contributed by atoms with E-state index in [9.17, 15) is 9.50 Å². The Kier molecular flexibility index (Phi) is 3.58. The molecular weight excluding hydrogens is 251 g/mol. The van der Waals surface area contributed by atoms with Crippen LogP contribution in [0, 0.1) is 12.7 Å². The molecule has 1 fully saturated rings. The molecule has 1 unspecified atom stereocenters. The average Bonchev–Trinajstić information content (AvgIpc) is 2.39. The van der Waals surface area contributed by atoms with Crippen molar-refractivity contribution < 1.29 is 9.50 Å². The highest BCUT2D eigenvalue weighted by Crippen LogP contribution is 2.40. The van der Waals surface area contributed by atoms with E-state index < -0.39 is 6.10 Å². The molecule has 3 rings (SSSR count). The molecule has 1 aliphatic carbocycles. The second kappa shape index (κ2) is 5.37. The Morgan fingerprint density at radius 2 is 1.85 bits per heavy atom. The van der Waals surface area contributed by atoms with Crippen LogP contribution in [0.5, 0.6) is 0 Å². The molecule has 0 spiro atoms. The van der Waals surface area contributed by atoms with Crippen molar-refractivity contribution in [3.63, 3.8) is 0 Å². The van der Waals surface area contributed by atoms with Gasteiger partial charge in [-0.1, -0.05) is 48.4 Å². The molecule has 2 aromatic carbocycles. The van der Waals surface area contributed by atoms with E-state index in [0.29, 0.717) is 11.5 Å². The standard InChI is InChI=1S/C18H19FO/c1-12-9-10-17(19)16(11-12)18(20)15-8-3-2-7-14(15)13-5-4-6-13/h2-3,7-11,13,18,20H,4-6H2,1H3. The monoisotopic (exact) mass is 270 g/mol. The van der Waals surface area contributed by atoms with Gasteiger partial charge in [-0.2, -0.15) is 0 Å². The summed E-state index contributed by atoms with van der Waals surface area (Å²) in [5, 5.41) is 10.6. The zero-order valence-electron chi connectivity index (χ0n) is 11.6. The predicted octanol–water partition coefficient (Wildman–Crippen LogP) is 4.48. The summed E-state index contributed by atoms with van der Waals surface area (Å²) < 4.78 is 14.0. The van der Waals surface area contributed by atoms with Gasteiger partial charge in [-0.05, 0) is 42.9 Å². The Balaban J connectivity index is 2.01. The molecule has 104 valence electrons. The number of hydrogen-bond donors (Lipinski definition) is 1. The molecule has 2 aromatic rings. The van der Waals surface area contributed by atoms with Crippen molar-refractivity contribution >= 4 is 0 Å². The topological polar surface area (TPSA) is 20.2 Å². The number of aliphatic hydroxyl groups is 1. The Bertz CT molecular complexity index is 617. The van der Waals surface area contributed by atoms with Gasteiger partial charge in [0.15, 0.2) is 0 Å². The van der Waals surface area contributed by atoms with Crippen LogP contribution in [-0.2, 0) is 0 Å². The van der Waals surface area contributed by atoms with Gasteiger partial charge >= 0.3 is 0 Å². The molecule has 0 bridgehead atoms. The van der Waals surface area contributed by atoms with Crippen LogP contribution in [0.3, 0.4) is 0 Å². The van der Waals surface area contributed by atoms with Gasteiger partial charge in [-0.3, -0.25) is 0 Å². The van der Waals surface area contributed by atoms with Gasteiger partial charge in [0.25, 0.3) is 0 Å². The van der Waals surface area contributed by atoms with E-state index >= 15 is 0 Å². The second-order valence-electron chi connectivity index (χ2n) is 5.68. The minimum atomic E-state index is -0.883. The summed E-state index contributed by atoms with van der Waals surface area (Å²) in [4.78, 5) is 0. The van der Waals surface area contributed by atoms with Gasteiger partial charge in [-0.25, -0.2) is 4.39 Å². The maximum absolute atomic E-state index is 14.0. The highest BCUT2D eigenvalue weighted by Gasteiger charge is 2.25. The van der Waals surface area contributed by atoms with E-state index in [0.717, 1.165) is 11.1 Å². The Morgan fingerprint density at radius 3 is 2.55 bits per heavy atom. The molecule has 20 heavy (non-hydrogen) atoms. The molecule has 1 saturated carbocycles. The van der Waals surface area contributed by atoms with Crippen LogP contribution in [0.25, 0.3) is 0 Å². The summed E-state index contributed by atoms with van der Waals surface area (Å²) in [5.41, 5.74) is 3.35. The molecular formula is C18H19FO. The van der Waals surface area contributed by atoms with E-state index in [1.54, 1.807) is 12.1 Å². The summed E-state index contributed by atoms with van der Waals surface area (Å²) in [6.45, 7) is 1.91. The minimum absolute atomic E-state index is 0.341. The maximum atomic E-state index is 14.0. The molecule has 2 heteroatoms. The molecule has 0 aliphatic heterocycles. The zero-order valence-corrected chi connectivity index (χ0v) is 11.6. The first-order valence-corrected chi connectivity index (χ1v) is 7.20. The van der Waals surface area contributed by atoms with Crippen LogP contribution >= 0.6 is 0 Å². The third-order valence-electron chi connectivity index (χ3n) is 4.28. The van der Waals surface area contributed by atoms with Gasteiger partial charge < -0.3 is 5.11 Å². The lowest BCUT2D eigenvalue weighted by Crippen LogP contribution is -2.14. The van der Waals surface area contributed by atoms with E-state index in [4.69, 9.17) is 0 Å². The molecule has 0 radical (unpaired) electrons. The summed E-state index contributed by atoms with van der Waals surface area (Å²) >= 11 is 0. The molecule has 1 N–H and O–H groups in total. The van der Waals surface area contributed by atoms with E-state index in [-0.39, 0.29) is 5.82 Å². The van der Waals surface area contributed by atoms with Crippen molar-refractivity contribution in [1.29, 1.82) is 0 Å². The third-order valence-corrected chi connectivity index (χ3v) is 4.28. The maximum Gasteiger partial charge on any atom is 0.129 e. The Hall–Kier alpha value is -1.67. The predicted molar refractivity (Wildman–Crippen MR) is 78.2 cm³/mol. The molecule has 1 aliphatic rings. The summed E-state index contributed by atoms with van der Waals surface area (Å²) in [6.07, 6.45) is 2.69. The fourth-order valence-corrected chi connectivity index (χ4v) is 2.89. The largest absolute Gasteiger partial charge is 0.384 e. The Morgan fingerprint density at radius 1 is 1.10 bits per heavy atom. The first kappa shape index (κ1) is 13.3. The quantitative estimate of drug-likeness (QED) is 0.871. The number of rotatable bonds is 3. The molecule has 1 nitrogen and oxygen atoms in total. The van der Waals surface area contributed by atoms with E-state index in [1.807, 2.05) is 25.1 Å². The number of halogens is 1. The van der Waals surface area contributed by atoms with Crippen molar-refractivity contribution in [2.45, 2.75) is 38.2 Å². The SMILES string of the molecule is Cc1ccc(F)c(C(O)c2ccccc2C2CCC2)c1. The van der Waals surface area contributed by atoms with Crippen LogP contribution in [-0.4, -0.2) is 5.11 Å². The molecule has 0 heterocycles. The zero-order chi connectivity index (χ0) is 14.1. The first-order valence-electron chi connectivity index (χ1n) is 7.20. The van der Waals surface area contributed by atoms with Crippen LogP contribution in [0.1, 0.15) is 53.5 Å². The van der Waals surface area contributed by atoms with Crippen LogP contribution in [0.15, 0.2) is 42.5 Å².